The van der Waals surface area contributed by atoms with E-state index < -0.39 is 0 Å². The third-order valence-electron chi connectivity index (χ3n) is 3.69. The van der Waals surface area contributed by atoms with Crippen molar-refractivity contribution in [3.05, 3.63) is 0 Å². The fourth-order valence-corrected chi connectivity index (χ4v) is 2.54. The number of nitrogens with one attached hydrogen (secondary N) is 1. The van der Waals surface area contributed by atoms with Gasteiger partial charge in [0, 0.05) is 38.1 Å². The van der Waals surface area contributed by atoms with Crippen LogP contribution in [0.5, 0.6) is 0 Å². The molecule has 1 atom stereocenters. The van der Waals surface area contributed by atoms with E-state index in [1.807, 2.05) is 9.80 Å². The Bertz CT molecular complexity index is 327. The Morgan fingerprint density at radius 2 is 2.06 bits per heavy atom. The van der Waals surface area contributed by atoms with Gasteiger partial charge in [-0.1, -0.05) is 0 Å². The molecular weight excluding hydrogens is 206 g/mol. The van der Waals surface area contributed by atoms with Gasteiger partial charge in [0.15, 0.2) is 0 Å². The zero-order valence-electron chi connectivity index (χ0n) is 9.32. The molecule has 2 heterocycles. The molecule has 2 saturated heterocycles. The Hall–Kier alpha value is -1.26. The normalized spacial score (nSPS) is 29.2. The molecule has 1 unspecified atom stereocenters. The van der Waals surface area contributed by atoms with Crippen LogP contribution in [-0.2, 0) is 4.79 Å². The summed E-state index contributed by atoms with van der Waals surface area (Å²) in [5.41, 5.74) is 0. The number of amides is 3. The Kier molecular flexibility index (Phi) is 2.26. The quantitative estimate of drug-likeness (QED) is 0.688. The van der Waals surface area contributed by atoms with Gasteiger partial charge in [-0.05, 0) is 19.3 Å². The number of piperazine rings is 1. The molecule has 5 heteroatoms. The highest BCUT2D eigenvalue weighted by Gasteiger charge is 2.37. The van der Waals surface area contributed by atoms with Crippen molar-refractivity contribution >= 4 is 11.9 Å². The van der Waals surface area contributed by atoms with E-state index in [9.17, 15) is 9.59 Å². The lowest BCUT2D eigenvalue weighted by Gasteiger charge is -2.37. The van der Waals surface area contributed by atoms with Crippen LogP contribution in [0.1, 0.15) is 25.7 Å². The second-order valence-electron chi connectivity index (χ2n) is 4.95. The van der Waals surface area contributed by atoms with E-state index >= 15 is 0 Å². The van der Waals surface area contributed by atoms with Crippen molar-refractivity contribution in [2.75, 3.05) is 19.6 Å². The molecule has 2 aliphatic heterocycles. The molecule has 3 amide bonds. The van der Waals surface area contributed by atoms with E-state index in [1.165, 1.54) is 0 Å². The van der Waals surface area contributed by atoms with Crippen LogP contribution in [0.2, 0.25) is 0 Å². The Labute approximate surface area is 94.8 Å². The van der Waals surface area contributed by atoms with Gasteiger partial charge in [-0.25, -0.2) is 4.79 Å². The number of nitrogens with zero attached hydrogens (tertiary/aromatic N) is 2. The summed E-state index contributed by atoms with van der Waals surface area (Å²) in [6.45, 7) is 2.10. The molecule has 0 spiro atoms. The summed E-state index contributed by atoms with van der Waals surface area (Å²) in [6.07, 6.45) is 3.80. The third kappa shape index (κ3) is 1.74. The van der Waals surface area contributed by atoms with Gasteiger partial charge in [0.25, 0.3) is 0 Å². The summed E-state index contributed by atoms with van der Waals surface area (Å²) in [7, 11) is 0. The standard InChI is InChI=1S/C11H17N3O2/c15-10-4-3-9-7-13(5-6-14(9)10)11(16)12-8-1-2-8/h8-9H,1-7H2,(H,12,16). The van der Waals surface area contributed by atoms with Crippen LogP contribution in [0, 0.1) is 0 Å². The molecule has 0 aromatic carbocycles. The summed E-state index contributed by atoms with van der Waals surface area (Å²) in [5.74, 6) is 0.257. The molecule has 1 aliphatic carbocycles. The minimum Gasteiger partial charge on any atom is -0.336 e. The van der Waals surface area contributed by atoms with Crippen molar-refractivity contribution in [3.8, 4) is 0 Å². The number of hydrogen-bond acceptors (Lipinski definition) is 2. The molecular formula is C11H17N3O2. The maximum absolute atomic E-state index is 11.8. The Morgan fingerprint density at radius 1 is 1.25 bits per heavy atom. The largest absolute Gasteiger partial charge is 0.336 e. The second kappa shape index (κ2) is 3.64. The molecule has 0 aromatic rings. The number of hydrogen-bond donors (Lipinski definition) is 1. The summed E-state index contributed by atoms with van der Waals surface area (Å²) in [6, 6.07) is 0.739. The molecule has 3 aliphatic rings. The number of urea groups is 1. The maximum atomic E-state index is 11.8. The summed E-state index contributed by atoms with van der Waals surface area (Å²) < 4.78 is 0. The highest BCUT2D eigenvalue weighted by Crippen LogP contribution is 2.24. The van der Waals surface area contributed by atoms with Crippen LogP contribution in [0.4, 0.5) is 4.79 Å². The van der Waals surface area contributed by atoms with Crippen molar-refractivity contribution in [1.29, 1.82) is 0 Å². The van der Waals surface area contributed by atoms with E-state index in [0.717, 1.165) is 19.3 Å². The average Bonchev–Trinajstić information content (AvgIpc) is 3.02. The molecule has 0 radical (unpaired) electrons. The summed E-state index contributed by atoms with van der Waals surface area (Å²) >= 11 is 0. The van der Waals surface area contributed by atoms with Crippen LogP contribution >= 0.6 is 0 Å². The zero-order valence-corrected chi connectivity index (χ0v) is 9.32. The van der Waals surface area contributed by atoms with E-state index in [-0.39, 0.29) is 18.0 Å². The molecule has 88 valence electrons. The smallest absolute Gasteiger partial charge is 0.317 e. The van der Waals surface area contributed by atoms with Crippen molar-refractivity contribution in [2.45, 2.75) is 37.8 Å². The fourth-order valence-electron chi connectivity index (χ4n) is 2.54. The average molecular weight is 223 g/mol. The SMILES string of the molecule is O=C(NC1CC1)N1CCN2C(=O)CCC2C1. The first-order chi connectivity index (χ1) is 7.74. The number of rotatable bonds is 1. The van der Waals surface area contributed by atoms with Crippen LogP contribution in [0.3, 0.4) is 0 Å². The predicted octanol–water partition coefficient (Wildman–Crippen LogP) is 0.165. The lowest BCUT2D eigenvalue weighted by molar-refractivity contribution is -0.130. The molecule has 0 bridgehead atoms. The van der Waals surface area contributed by atoms with Crippen molar-refractivity contribution in [3.63, 3.8) is 0 Å². The van der Waals surface area contributed by atoms with Gasteiger partial charge in [-0.2, -0.15) is 0 Å². The van der Waals surface area contributed by atoms with Crippen molar-refractivity contribution < 1.29 is 9.59 Å². The molecule has 5 nitrogen and oxygen atoms in total. The van der Waals surface area contributed by atoms with Crippen LogP contribution in [0.15, 0.2) is 0 Å². The van der Waals surface area contributed by atoms with E-state index in [4.69, 9.17) is 0 Å². The predicted molar refractivity (Wildman–Crippen MR) is 57.9 cm³/mol. The van der Waals surface area contributed by atoms with Crippen molar-refractivity contribution in [1.82, 2.24) is 15.1 Å². The zero-order chi connectivity index (χ0) is 11.1. The van der Waals surface area contributed by atoms with Gasteiger partial charge >= 0.3 is 6.03 Å². The van der Waals surface area contributed by atoms with Gasteiger partial charge in [-0.15, -0.1) is 0 Å². The van der Waals surface area contributed by atoms with Crippen LogP contribution in [0.25, 0.3) is 0 Å². The van der Waals surface area contributed by atoms with Crippen LogP contribution in [-0.4, -0.2) is 53.5 Å². The lowest BCUT2D eigenvalue weighted by Crippen LogP contribution is -2.55. The minimum absolute atomic E-state index is 0.0569. The third-order valence-corrected chi connectivity index (χ3v) is 3.69. The first kappa shape index (κ1) is 9.93. The van der Waals surface area contributed by atoms with Gasteiger partial charge < -0.3 is 15.1 Å². The topological polar surface area (TPSA) is 52.7 Å². The molecule has 3 rings (SSSR count). The number of carbonyl (C=O) groups is 2. The Morgan fingerprint density at radius 3 is 2.81 bits per heavy atom. The molecule has 16 heavy (non-hydrogen) atoms. The fraction of sp³-hybridized carbons (Fsp3) is 0.818. The van der Waals surface area contributed by atoms with E-state index in [1.54, 1.807) is 0 Å². The van der Waals surface area contributed by atoms with E-state index in [2.05, 4.69) is 5.32 Å². The molecule has 3 fully saturated rings. The molecule has 1 saturated carbocycles. The van der Waals surface area contributed by atoms with Crippen LogP contribution < -0.4 is 5.32 Å². The monoisotopic (exact) mass is 223 g/mol. The van der Waals surface area contributed by atoms with Gasteiger partial charge in [0.2, 0.25) is 5.91 Å². The highest BCUT2D eigenvalue weighted by molar-refractivity contribution is 5.80. The van der Waals surface area contributed by atoms with E-state index in [0.29, 0.717) is 32.1 Å². The highest BCUT2D eigenvalue weighted by atomic mass is 16.2. The first-order valence-electron chi connectivity index (χ1n) is 6.09. The second-order valence-corrected chi connectivity index (χ2v) is 4.95. The number of carbonyl (C=O) groups excluding carboxylic acids is 2. The number of fused-ring (bicyclic) bond motifs is 1. The van der Waals surface area contributed by atoms with Gasteiger partial charge in [-0.3, -0.25) is 4.79 Å². The molecule has 1 N–H and O–H groups in total. The minimum atomic E-state index is 0.0569. The lowest BCUT2D eigenvalue weighted by atomic mass is 10.2. The first-order valence-corrected chi connectivity index (χ1v) is 6.09. The Balaban J connectivity index is 1.58. The molecule has 0 aromatic heterocycles. The maximum Gasteiger partial charge on any atom is 0.317 e. The summed E-state index contributed by atoms with van der Waals surface area (Å²) in [5, 5.41) is 3.00. The summed E-state index contributed by atoms with van der Waals surface area (Å²) in [4.78, 5) is 27.1. The van der Waals surface area contributed by atoms with Crippen molar-refractivity contribution in [2.24, 2.45) is 0 Å². The van der Waals surface area contributed by atoms with Gasteiger partial charge in [0.1, 0.15) is 0 Å². The van der Waals surface area contributed by atoms with Gasteiger partial charge in [0.05, 0.1) is 0 Å².